The number of carbonyl (C=O) groups is 1. The molecular weight excluding hydrogens is 204 g/mol. The molecule has 94 valence electrons. The van der Waals surface area contributed by atoms with Crippen LogP contribution in [0.1, 0.15) is 33.1 Å². The van der Waals surface area contributed by atoms with Crippen molar-refractivity contribution in [1.29, 1.82) is 0 Å². The number of hydrogen-bond acceptors (Lipinski definition) is 3. The number of nitrogens with two attached hydrogens (primary N) is 1. The van der Waals surface area contributed by atoms with Gasteiger partial charge in [-0.3, -0.25) is 4.79 Å². The molecule has 0 aliphatic carbocycles. The minimum atomic E-state index is -0.537. The van der Waals surface area contributed by atoms with Crippen LogP contribution in [0.25, 0.3) is 0 Å². The van der Waals surface area contributed by atoms with Crippen molar-refractivity contribution in [2.45, 2.75) is 45.2 Å². The van der Waals surface area contributed by atoms with E-state index in [9.17, 15) is 4.79 Å². The summed E-state index contributed by atoms with van der Waals surface area (Å²) in [6.07, 6.45) is 3.87. The first-order chi connectivity index (χ1) is 7.62. The van der Waals surface area contributed by atoms with Gasteiger partial charge in [0.25, 0.3) is 0 Å². The van der Waals surface area contributed by atoms with Gasteiger partial charge in [0.2, 0.25) is 5.91 Å². The van der Waals surface area contributed by atoms with E-state index in [1.54, 1.807) is 11.0 Å². The molecule has 1 unspecified atom stereocenters. The fourth-order valence-electron chi connectivity index (χ4n) is 1.80. The highest BCUT2D eigenvalue weighted by atomic mass is 16.3. The smallest absolute Gasteiger partial charge is 0.240 e. The van der Waals surface area contributed by atoms with Crippen LogP contribution in [0.3, 0.4) is 0 Å². The first-order valence-electron chi connectivity index (χ1n) is 5.90. The zero-order chi connectivity index (χ0) is 12.6. The van der Waals surface area contributed by atoms with Crippen molar-refractivity contribution in [2.75, 3.05) is 13.2 Å². The molecule has 0 saturated heterocycles. The summed E-state index contributed by atoms with van der Waals surface area (Å²) in [6, 6.07) is -0.375. The van der Waals surface area contributed by atoms with Crippen LogP contribution in [0, 0.1) is 0 Å². The SMILES string of the molecule is C=CCC(N)C(=O)N(CCO)C(CC)CC. The molecular formula is C12H24N2O2. The minimum Gasteiger partial charge on any atom is -0.395 e. The lowest BCUT2D eigenvalue weighted by Crippen LogP contribution is -2.49. The number of amides is 1. The van der Waals surface area contributed by atoms with Gasteiger partial charge in [0.1, 0.15) is 0 Å². The Morgan fingerprint density at radius 2 is 2.06 bits per heavy atom. The highest BCUT2D eigenvalue weighted by Gasteiger charge is 2.24. The van der Waals surface area contributed by atoms with Gasteiger partial charge in [-0.05, 0) is 19.3 Å². The average molecular weight is 228 g/mol. The Kier molecular flexibility index (Phi) is 7.85. The lowest BCUT2D eigenvalue weighted by Gasteiger charge is -2.32. The Balaban J connectivity index is 4.61. The summed E-state index contributed by atoms with van der Waals surface area (Å²) >= 11 is 0. The van der Waals surface area contributed by atoms with E-state index < -0.39 is 6.04 Å². The van der Waals surface area contributed by atoms with Gasteiger partial charge >= 0.3 is 0 Å². The maximum absolute atomic E-state index is 12.0. The van der Waals surface area contributed by atoms with E-state index in [-0.39, 0.29) is 18.6 Å². The summed E-state index contributed by atoms with van der Waals surface area (Å²) in [5, 5.41) is 8.98. The molecule has 0 aliphatic rings. The molecule has 0 aliphatic heterocycles. The summed E-state index contributed by atoms with van der Waals surface area (Å²) in [7, 11) is 0. The van der Waals surface area contributed by atoms with Gasteiger partial charge in [-0.1, -0.05) is 19.9 Å². The van der Waals surface area contributed by atoms with E-state index in [1.165, 1.54) is 0 Å². The number of rotatable bonds is 8. The summed E-state index contributed by atoms with van der Waals surface area (Å²) in [5.74, 6) is -0.0948. The fourth-order valence-corrected chi connectivity index (χ4v) is 1.80. The normalized spacial score (nSPS) is 12.6. The van der Waals surface area contributed by atoms with Gasteiger partial charge in [-0.15, -0.1) is 6.58 Å². The van der Waals surface area contributed by atoms with Crippen LogP contribution in [-0.4, -0.2) is 41.1 Å². The fraction of sp³-hybridized carbons (Fsp3) is 0.750. The molecule has 1 atom stereocenters. The molecule has 0 aromatic carbocycles. The van der Waals surface area contributed by atoms with Crippen molar-refractivity contribution in [3.8, 4) is 0 Å². The Bertz CT molecular complexity index is 215. The molecule has 1 amide bonds. The number of aliphatic hydroxyl groups is 1. The molecule has 0 heterocycles. The van der Waals surface area contributed by atoms with Gasteiger partial charge < -0.3 is 15.7 Å². The molecule has 0 aromatic heterocycles. The minimum absolute atomic E-state index is 0.0248. The molecule has 0 aromatic rings. The van der Waals surface area contributed by atoms with E-state index >= 15 is 0 Å². The topological polar surface area (TPSA) is 66.6 Å². The molecule has 0 radical (unpaired) electrons. The largest absolute Gasteiger partial charge is 0.395 e. The van der Waals surface area contributed by atoms with Gasteiger partial charge in [0.15, 0.2) is 0 Å². The third-order valence-corrected chi connectivity index (χ3v) is 2.75. The predicted octanol–water partition coefficient (Wildman–Crippen LogP) is 0.899. The van der Waals surface area contributed by atoms with Gasteiger partial charge in [0.05, 0.1) is 12.6 Å². The molecule has 4 heteroatoms. The van der Waals surface area contributed by atoms with E-state index in [0.717, 1.165) is 12.8 Å². The number of hydrogen-bond donors (Lipinski definition) is 2. The Morgan fingerprint density at radius 1 is 1.50 bits per heavy atom. The maximum Gasteiger partial charge on any atom is 0.240 e. The van der Waals surface area contributed by atoms with Crippen molar-refractivity contribution >= 4 is 5.91 Å². The third kappa shape index (κ3) is 4.33. The lowest BCUT2D eigenvalue weighted by atomic mass is 10.1. The molecule has 0 spiro atoms. The van der Waals surface area contributed by atoms with E-state index in [0.29, 0.717) is 13.0 Å². The van der Waals surface area contributed by atoms with Gasteiger partial charge in [0, 0.05) is 12.6 Å². The second-order valence-corrected chi connectivity index (χ2v) is 3.86. The zero-order valence-electron chi connectivity index (χ0n) is 10.4. The zero-order valence-corrected chi connectivity index (χ0v) is 10.4. The van der Waals surface area contributed by atoms with Crippen LogP contribution in [0.2, 0.25) is 0 Å². The summed E-state index contributed by atoms with van der Waals surface area (Å²) < 4.78 is 0. The first-order valence-corrected chi connectivity index (χ1v) is 5.90. The first kappa shape index (κ1) is 15.1. The molecule has 0 bridgehead atoms. The van der Waals surface area contributed by atoms with Crippen molar-refractivity contribution in [3.05, 3.63) is 12.7 Å². The summed E-state index contributed by atoms with van der Waals surface area (Å²) in [5.41, 5.74) is 5.76. The Labute approximate surface area is 98.1 Å². The van der Waals surface area contributed by atoms with E-state index in [2.05, 4.69) is 6.58 Å². The second kappa shape index (κ2) is 8.30. The van der Waals surface area contributed by atoms with Crippen molar-refractivity contribution in [2.24, 2.45) is 5.73 Å². The summed E-state index contributed by atoms with van der Waals surface area (Å²) in [6.45, 7) is 7.97. The lowest BCUT2D eigenvalue weighted by molar-refractivity contribution is -0.135. The number of aliphatic hydroxyl groups excluding tert-OH is 1. The van der Waals surface area contributed by atoms with Crippen LogP contribution < -0.4 is 5.73 Å². The number of nitrogens with zero attached hydrogens (tertiary/aromatic N) is 1. The Morgan fingerprint density at radius 3 is 2.44 bits per heavy atom. The van der Waals surface area contributed by atoms with Crippen LogP contribution in [0.15, 0.2) is 12.7 Å². The molecule has 16 heavy (non-hydrogen) atoms. The van der Waals surface area contributed by atoms with Crippen molar-refractivity contribution in [1.82, 2.24) is 4.90 Å². The molecule has 0 rings (SSSR count). The summed E-state index contributed by atoms with van der Waals surface area (Å²) in [4.78, 5) is 13.7. The highest BCUT2D eigenvalue weighted by Crippen LogP contribution is 2.10. The van der Waals surface area contributed by atoms with E-state index in [1.807, 2.05) is 13.8 Å². The standard InChI is InChI=1S/C12H24N2O2/c1-4-7-11(13)12(16)14(8-9-15)10(5-2)6-3/h4,10-11,15H,1,5-9,13H2,2-3H3. The molecule has 3 N–H and O–H groups in total. The van der Waals surface area contributed by atoms with Crippen LogP contribution >= 0.6 is 0 Å². The Hall–Kier alpha value is -0.870. The van der Waals surface area contributed by atoms with Crippen molar-refractivity contribution in [3.63, 3.8) is 0 Å². The molecule has 4 nitrogen and oxygen atoms in total. The monoisotopic (exact) mass is 228 g/mol. The maximum atomic E-state index is 12.0. The van der Waals surface area contributed by atoms with Gasteiger partial charge in [-0.25, -0.2) is 0 Å². The van der Waals surface area contributed by atoms with Crippen molar-refractivity contribution < 1.29 is 9.90 Å². The second-order valence-electron chi connectivity index (χ2n) is 3.86. The average Bonchev–Trinajstić information content (AvgIpc) is 2.29. The van der Waals surface area contributed by atoms with Gasteiger partial charge in [-0.2, -0.15) is 0 Å². The number of carbonyl (C=O) groups excluding carboxylic acids is 1. The quantitative estimate of drug-likeness (QED) is 0.607. The highest BCUT2D eigenvalue weighted by molar-refractivity contribution is 5.82. The third-order valence-electron chi connectivity index (χ3n) is 2.75. The van der Waals surface area contributed by atoms with E-state index in [4.69, 9.17) is 10.8 Å². The van der Waals surface area contributed by atoms with Crippen LogP contribution in [-0.2, 0) is 4.79 Å². The molecule has 0 saturated carbocycles. The molecule has 0 fully saturated rings. The van der Waals surface area contributed by atoms with Crippen LogP contribution in [0.5, 0.6) is 0 Å². The van der Waals surface area contributed by atoms with Crippen LogP contribution in [0.4, 0.5) is 0 Å². The predicted molar refractivity (Wildman–Crippen MR) is 66.0 cm³/mol.